The Morgan fingerprint density at radius 1 is 1.41 bits per heavy atom. The number of carbonyl (C=O) groups is 1. The predicted molar refractivity (Wildman–Crippen MR) is 67.4 cm³/mol. The van der Waals surface area contributed by atoms with Crippen LogP contribution in [0.4, 0.5) is 0 Å². The molecule has 3 heteroatoms. The van der Waals surface area contributed by atoms with Crippen molar-refractivity contribution in [3.8, 4) is 11.5 Å². The molecule has 0 atom stereocenters. The number of hydrogen-bond donors (Lipinski definition) is 0. The van der Waals surface area contributed by atoms with E-state index >= 15 is 0 Å². The van der Waals surface area contributed by atoms with Gasteiger partial charge in [0.15, 0.2) is 0 Å². The van der Waals surface area contributed by atoms with Gasteiger partial charge in [-0.3, -0.25) is 0 Å². The van der Waals surface area contributed by atoms with E-state index in [1.54, 1.807) is 6.07 Å². The van der Waals surface area contributed by atoms with Crippen molar-refractivity contribution in [2.75, 3.05) is 6.61 Å². The maximum absolute atomic E-state index is 11.2. The third-order valence-corrected chi connectivity index (χ3v) is 2.25. The van der Waals surface area contributed by atoms with E-state index in [1.807, 2.05) is 19.1 Å². The van der Waals surface area contributed by atoms with Crippen molar-refractivity contribution < 1.29 is 14.3 Å². The minimum Gasteiger partial charge on any atom is -0.494 e. The first-order valence-corrected chi connectivity index (χ1v) is 5.81. The Hall–Kier alpha value is -1.77. The van der Waals surface area contributed by atoms with Gasteiger partial charge in [0.05, 0.1) is 6.61 Å². The molecule has 0 saturated heterocycles. The van der Waals surface area contributed by atoms with Gasteiger partial charge in [-0.25, -0.2) is 4.79 Å². The van der Waals surface area contributed by atoms with Gasteiger partial charge in [-0.05, 0) is 25.0 Å². The zero-order valence-corrected chi connectivity index (χ0v) is 10.4. The van der Waals surface area contributed by atoms with Crippen LogP contribution in [-0.4, -0.2) is 12.6 Å². The number of benzene rings is 1. The van der Waals surface area contributed by atoms with Gasteiger partial charge in [0.1, 0.15) is 11.5 Å². The van der Waals surface area contributed by atoms with Crippen molar-refractivity contribution in [2.45, 2.75) is 26.7 Å². The summed E-state index contributed by atoms with van der Waals surface area (Å²) < 4.78 is 10.6. The Bertz CT molecular complexity index is 396. The summed E-state index contributed by atoms with van der Waals surface area (Å²) in [7, 11) is 0. The Morgan fingerprint density at radius 2 is 2.18 bits per heavy atom. The average molecular weight is 234 g/mol. The van der Waals surface area contributed by atoms with E-state index in [2.05, 4.69) is 13.5 Å². The molecule has 0 amide bonds. The minimum atomic E-state index is -0.448. The van der Waals surface area contributed by atoms with Crippen LogP contribution in [0.25, 0.3) is 0 Å². The van der Waals surface area contributed by atoms with E-state index in [-0.39, 0.29) is 0 Å². The fraction of sp³-hybridized carbons (Fsp3) is 0.357. The van der Waals surface area contributed by atoms with E-state index in [4.69, 9.17) is 9.47 Å². The first-order chi connectivity index (χ1) is 8.21. The maximum atomic E-state index is 11.2. The molecule has 1 rings (SSSR count). The Labute approximate surface area is 102 Å². The molecular weight excluding hydrogens is 216 g/mol. The summed E-state index contributed by atoms with van der Waals surface area (Å²) in [4.78, 5) is 11.2. The van der Waals surface area contributed by atoms with Crippen LogP contribution in [0.5, 0.6) is 11.5 Å². The molecule has 0 spiro atoms. The van der Waals surface area contributed by atoms with Gasteiger partial charge in [0, 0.05) is 12.1 Å². The van der Waals surface area contributed by atoms with Crippen molar-refractivity contribution in [3.63, 3.8) is 0 Å². The highest BCUT2D eigenvalue weighted by molar-refractivity contribution is 5.83. The number of hydrogen-bond acceptors (Lipinski definition) is 3. The predicted octanol–water partition coefficient (Wildman–Crippen LogP) is 3.13. The lowest BCUT2D eigenvalue weighted by molar-refractivity contribution is -0.129. The van der Waals surface area contributed by atoms with Crippen LogP contribution in [0.3, 0.4) is 0 Å². The molecule has 1 aromatic carbocycles. The SMILES string of the molecule is C=CC(=O)Oc1cc(OCC)ccc1CCC. The van der Waals surface area contributed by atoms with Crippen molar-refractivity contribution in [1.82, 2.24) is 0 Å². The van der Waals surface area contributed by atoms with Crippen LogP contribution in [-0.2, 0) is 11.2 Å². The van der Waals surface area contributed by atoms with Crippen molar-refractivity contribution >= 4 is 5.97 Å². The van der Waals surface area contributed by atoms with Crippen molar-refractivity contribution in [1.29, 1.82) is 0 Å². The van der Waals surface area contributed by atoms with E-state index in [1.165, 1.54) is 0 Å². The summed E-state index contributed by atoms with van der Waals surface area (Å²) in [6.07, 6.45) is 3.02. The van der Waals surface area contributed by atoms with E-state index in [9.17, 15) is 4.79 Å². The lowest BCUT2D eigenvalue weighted by atomic mass is 10.1. The highest BCUT2D eigenvalue weighted by Gasteiger charge is 2.08. The molecule has 0 fully saturated rings. The molecule has 0 aliphatic heterocycles. The zero-order valence-electron chi connectivity index (χ0n) is 10.4. The number of esters is 1. The summed E-state index contributed by atoms with van der Waals surface area (Å²) >= 11 is 0. The molecule has 0 saturated carbocycles. The number of carbonyl (C=O) groups excluding carboxylic acids is 1. The normalized spacial score (nSPS) is 9.76. The molecule has 92 valence electrons. The third-order valence-electron chi connectivity index (χ3n) is 2.25. The van der Waals surface area contributed by atoms with Crippen molar-refractivity contribution in [2.24, 2.45) is 0 Å². The van der Waals surface area contributed by atoms with Gasteiger partial charge >= 0.3 is 5.97 Å². The molecule has 0 N–H and O–H groups in total. The minimum absolute atomic E-state index is 0.448. The van der Waals surface area contributed by atoms with Crippen LogP contribution in [0.1, 0.15) is 25.8 Å². The Balaban J connectivity index is 2.97. The fourth-order valence-electron chi connectivity index (χ4n) is 1.51. The quantitative estimate of drug-likeness (QED) is 0.431. The molecule has 0 unspecified atom stereocenters. The first-order valence-electron chi connectivity index (χ1n) is 5.81. The molecule has 0 aliphatic carbocycles. The molecule has 0 aromatic heterocycles. The van der Waals surface area contributed by atoms with Gasteiger partial charge in [0.25, 0.3) is 0 Å². The van der Waals surface area contributed by atoms with Gasteiger partial charge in [0.2, 0.25) is 0 Å². The number of aryl methyl sites for hydroxylation is 1. The summed E-state index contributed by atoms with van der Waals surface area (Å²) in [6.45, 7) is 7.96. The highest BCUT2D eigenvalue weighted by Crippen LogP contribution is 2.26. The second-order valence-corrected chi connectivity index (χ2v) is 3.58. The Kier molecular flexibility index (Phi) is 5.27. The summed E-state index contributed by atoms with van der Waals surface area (Å²) in [5, 5.41) is 0. The molecule has 0 heterocycles. The summed E-state index contributed by atoms with van der Waals surface area (Å²) in [5.41, 5.74) is 1.01. The molecule has 0 bridgehead atoms. The molecule has 17 heavy (non-hydrogen) atoms. The molecule has 1 aromatic rings. The van der Waals surface area contributed by atoms with Crippen LogP contribution in [0.2, 0.25) is 0 Å². The van der Waals surface area contributed by atoms with E-state index in [0.29, 0.717) is 18.1 Å². The third kappa shape index (κ3) is 3.94. The van der Waals surface area contributed by atoms with Crippen molar-refractivity contribution in [3.05, 3.63) is 36.4 Å². The standard InChI is InChI=1S/C14H18O3/c1-4-7-11-8-9-12(16-6-3)10-13(11)17-14(15)5-2/h5,8-10H,2,4,6-7H2,1,3H3. The van der Waals surface area contributed by atoms with E-state index < -0.39 is 5.97 Å². The zero-order chi connectivity index (χ0) is 12.7. The van der Waals surface area contributed by atoms with Crippen LogP contribution in [0.15, 0.2) is 30.9 Å². The summed E-state index contributed by atoms with van der Waals surface area (Å²) in [5.74, 6) is 0.818. The first kappa shape index (κ1) is 13.3. The monoisotopic (exact) mass is 234 g/mol. The van der Waals surface area contributed by atoms with E-state index in [0.717, 1.165) is 24.5 Å². The second-order valence-electron chi connectivity index (χ2n) is 3.58. The highest BCUT2D eigenvalue weighted by atomic mass is 16.5. The molecular formula is C14H18O3. The Morgan fingerprint density at radius 3 is 2.76 bits per heavy atom. The molecule has 0 aliphatic rings. The topological polar surface area (TPSA) is 35.5 Å². The lowest BCUT2D eigenvalue weighted by Gasteiger charge is -2.10. The fourth-order valence-corrected chi connectivity index (χ4v) is 1.51. The van der Waals surface area contributed by atoms with Crippen LogP contribution in [0, 0.1) is 0 Å². The smallest absolute Gasteiger partial charge is 0.335 e. The van der Waals surface area contributed by atoms with Crippen LogP contribution < -0.4 is 9.47 Å². The molecule has 3 nitrogen and oxygen atoms in total. The maximum Gasteiger partial charge on any atom is 0.335 e. The van der Waals surface area contributed by atoms with Gasteiger partial charge < -0.3 is 9.47 Å². The molecule has 0 radical (unpaired) electrons. The number of ether oxygens (including phenoxy) is 2. The second kappa shape index (κ2) is 6.74. The van der Waals surface area contributed by atoms with Gasteiger partial charge in [-0.1, -0.05) is 26.0 Å². The van der Waals surface area contributed by atoms with Gasteiger partial charge in [-0.15, -0.1) is 0 Å². The van der Waals surface area contributed by atoms with Crippen LogP contribution >= 0.6 is 0 Å². The number of rotatable bonds is 6. The van der Waals surface area contributed by atoms with Gasteiger partial charge in [-0.2, -0.15) is 0 Å². The summed E-state index contributed by atoms with van der Waals surface area (Å²) in [6, 6.07) is 5.57. The average Bonchev–Trinajstić information content (AvgIpc) is 2.33. The largest absolute Gasteiger partial charge is 0.494 e. The lowest BCUT2D eigenvalue weighted by Crippen LogP contribution is -2.06.